The van der Waals surface area contributed by atoms with Gasteiger partial charge in [0, 0.05) is 24.8 Å². The van der Waals surface area contributed by atoms with E-state index in [1.165, 1.54) is 16.5 Å². The van der Waals surface area contributed by atoms with Crippen LogP contribution in [-0.4, -0.2) is 9.55 Å². The summed E-state index contributed by atoms with van der Waals surface area (Å²) in [7, 11) is 2.07. The van der Waals surface area contributed by atoms with E-state index in [4.69, 9.17) is 0 Å². The van der Waals surface area contributed by atoms with Gasteiger partial charge in [-0.05, 0) is 17.0 Å². The third kappa shape index (κ3) is 1.31. The Kier molecular flexibility index (Phi) is 1.88. The molecule has 0 saturated carbocycles. The van der Waals surface area contributed by atoms with Crippen molar-refractivity contribution in [1.29, 1.82) is 0 Å². The highest BCUT2D eigenvalue weighted by atomic mass is 14.9. The molecule has 0 fully saturated rings. The number of hydrogen-bond donors (Lipinski definition) is 0. The highest BCUT2D eigenvalue weighted by Crippen LogP contribution is 2.30. The van der Waals surface area contributed by atoms with Gasteiger partial charge in [0.15, 0.2) is 0 Å². The second kappa shape index (κ2) is 2.84. The molecule has 14 heavy (non-hydrogen) atoms. The normalized spacial score (nSPS) is 12.3. The second-order valence-electron chi connectivity index (χ2n) is 4.80. The fraction of sp³-hybridized carbons (Fsp3) is 0.417. The summed E-state index contributed by atoms with van der Waals surface area (Å²) >= 11 is 0. The topological polar surface area (TPSA) is 17.8 Å². The molecular formula is C12H16N2. The summed E-state index contributed by atoms with van der Waals surface area (Å²) in [4.78, 5) is 4.15. The highest BCUT2D eigenvalue weighted by molar-refractivity contribution is 5.84. The lowest BCUT2D eigenvalue weighted by Crippen LogP contribution is -2.10. The maximum absolute atomic E-state index is 4.15. The predicted molar refractivity (Wildman–Crippen MR) is 59.4 cm³/mol. The number of rotatable bonds is 0. The molecule has 74 valence electrons. The van der Waals surface area contributed by atoms with E-state index in [1.807, 2.05) is 12.4 Å². The van der Waals surface area contributed by atoms with Gasteiger partial charge in [-0.25, -0.2) is 0 Å². The number of fused-ring (bicyclic) bond motifs is 1. The van der Waals surface area contributed by atoms with Crippen molar-refractivity contribution in [3.05, 3.63) is 30.2 Å². The summed E-state index contributed by atoms with van der Waals surface area (Å²) in [5.74, 6) is 0. The van der Waals surface area contributed by atoms with Gasteiger partial charge in [-0.15, -0.1) is 0 Å². The van der Waals surface area contributed by atoms with Crippen LogP contribution in [0, 0.1) is 0 Å². The minimum absolute atomic E-state index is 0.195. The first-order valence-electron chi connectivity index (χ1n) is 4.89. The van der Waals surface area contributed by atoms with Crippen LogP contribution in [0.25, 0.3) is 10.9 Å². The van der Waals surface area contributed by atoms with Crippen LogP contribution < -0.4 is 0 Å². The van der Waals surface area contributed by atoms with E-state index in [2.05, 4.69) is 49.6 Å². The van der Waals surface area contributed by atoms with Crippen molar-refractivity contribution in [2.24, 2.45) is 7.05 Å². The molecule has 2 aromatic rings. The average molecular weight is 188 g/mol. The largest absolute Gasteiger partial charge is 0.349 e. The third-order valence-electron chi connectivity index (χ3n) is 2.60. The van der Waals surface area contributed by atoms with Crippen molar-refractivity contribution in [3.8, 4) is 0 Å². The Labute approximate surface area is 84.6 Å². The molecule has 2 nitrogen and oxygen atoms in total. The highest BCUT2D eigenvalue weighted by Gasteiger charge is 2.18. The van der Waals surface area contributed by atoms with Crippen LogP contribution >= 0.6 is 0 Å². The van der Waals surface area contributed by atoms with E-state index in [-0.39, 0.29) is 5.41 Å². The van der Waals surface area contributed by atoms with Crippen molar-refractivity contribution in [2.45, 2.75) is 26.2 Å². The van der Waals surface area contributed by atoms with Crippen LogP contribution in [0.4, 0.5) is 0 Å². The molecule has 0 N–H and O–H groups in total. The first-order valence-corrected chi connectivity index (χ1v) is 4.89. The fourth-order valence-electron chi connectivity index (χ4n) is 1.83. The number of nitrogens with zero attached hydrogens (tertiary/aromatic N) is 2. The lowest BCUT2D eigenvalue weighted by Gasteiger charge is -2.17. The summed E-state index contributed by atoms with van der Waals surface area (Å²) < 4.78 is 2.14. The molecule has 2 heterocycles. The van der Waals surface area contributed by atoms with Crippen LogP contribution in [0.2, 0.25) is 0 Å². The van der Waals surface area contributed by atoms with Crippen molar-refractivity contribution in [1.82, 2.24) is 9.55 Å². The summed E-state index contributed by atoms with van der Waals surface area (Å²) in [5, 5.41) is 1.31. The van der Waals surface area contributed by atoms with Crippen LogP contribution in [0.3, 0.4) is 0 Å². The van der Waals surface area contributed by atoms with Crippen LogP contribution in [0.5, 0.6) is 0 Å². The summed E-state index contributed by atoms with van der Waals surface area (Å²) in [6.45, 7) is 6.71. The van der Waals surface area contributed by atoms with Crippen LogP contribution in [-0.2, 0) is 12.5 Å². The van der Waals surface area contributed by atoms with Gasteiger partial charge in [0.25, 0.3) is 0 Å². The standard InChI is InChI=1S/C12H16N2/c1-12(2,3)10-8-14(4)11-7-13-6-5-9(10)11/h5-8H,1-4H3. The Bertz CT molecular complexity index is 461. The minimum Gasteiger partial charge on any atom is -0.349 e. The molecular weight excluding hydrogens is 172 g/mol. The lowest BCUT2D eigenvalue weighted by atomic mass is 9.87. The van der Waals surface area contributed by atoms with Gasteiger partial charge in [0.05, 0.1) is 11.7 Å². The molecule has 0 atom stereocenters. The molecule has 0 saturated heterocycles. The molecule has 2 aromatic heterocycles. The quantitative estimate of drug-likeness (QED) is 0.621. The summed E-state index contributed by atoms with van der Waals surface area (Å²) in [5.41, 5.74) is 2.79. The minimum atomic E-state index is 0.195. The average Bonchev–Trinajstić information content (AvgIpc) is 2.44. The molecule has 0 aliphatic heterocycles. The van der Waals surface area contributed by atoms with Crippen molar-refractivity contribution < 1.29 is 0 Å². The zero-order chi connectivity index (χ0) is 10.3. The van der Waals surface area contributed by atoms with Crippen molar-refractivity contribution in [3.63, 3.8) is 0 Å². The zero-order valence-corrected chi connectivity index (χ0v) is 9.20. The van der Waals surface area contributed by atoms with E-state index >= 15 is 0 Å². The predicted octanol–water partition coefficient (Wildman–Crippen LogP) is 2.87. The fourth-order valence-corrected chi connectivity index (χ4v) is 1.83. The summed E-state index contributed by atoms with van der Waals surface area (Å²) in [6, 6.07) is 2.09. The van der Waals surface area contributed by atoms with Crippen molar-refractivity contribution in [2.75, 3.05) is 0 Å². The Balaban J connectivity index is 2.80. The van der Waals surface area contributed by atoms with E-state index in [0.29, 0.717) is 0 Å². The van der Waals surface area contributed by atoms with Gasteiger partial charge in [-0.1, -0.05) is 20.8 Å². The Morgan fingerprint density at radius 1 is 1.29 bits per heavy atom. The van der Waals surface area contributed by atoms with Gasteiger partial charge in [-0.3, -0.25) is 4.98 Å². The molecule has 2 heteroatoms. The first kappa shape index (κ1) is 9.25. The van der Waals surface area contributed by atoms with Gasteiger partial charge >= 0.3 is 0 Å². The Morgan fingerprint density at radius 2 is 2.00 bits per heavy atom. The maximum atomic E-state index is 4.15. The van der Waals surface area contributed by atoms with Crippen LogP contribution in [0.1, 0.15) is 26.3 Å². The molecule has 0 unspecified atom stereocenters. The van der Waals surface area contributed by atoms with Crippen molar-refractivity contribution >= 4 is 10.9 Å². The number of aromatic nitrogens is 2. The monoisotopic (exact) mass is 188 g/mol. The van der Waals surface area contributed by atoms with E-state index in [0.717, 1.165) is 0 Å². The second-order valence-corrected chi connectivity index (χ2v) is 4.80. The molecule has 0 amide bonds. The van der Waals surface area contributed by atoms with E-state index in [1.54, 1.807) is 0 Å². The molecule has 0 bridgehead atoms. The third-order valence-corrected chi connectivity index (χ3v) is 2.60. The van der Waals surface area contributed by atoms with Gasteiger partial charge < -0.3 is 4.57 Å². The molecule has 0 radical (unpaired) electrons. The van der Waals surface area contributed by atoms with E-state index in [9.17, 15) is 0 Å². The maximum Gasteiger partial charge on any atom is 0.0667 e. The number of hydrogen-bond acceptors (Lipinski definition) is 1. The SMILES string of the molecule is Cn1cc(C(C)(C)C)c2ccncc21. The molecule has 0 spiro atoms. The van der Waals surface area contributed by atoms with Gasteiger partial charge in [-0.2, -0.15) is 0 Å². The smallest absolute Gasteiger partial charge is 0.0667 e. The lowest BCUT2D eigenvalue weighted by molar-refractivity contribution is 0.593. The molecule has 0 aromatic carbocycles. The number of pyridine rings is 1. The van der Waals surface area contributed by atoms with Gasteiger partial charge in [0.1, 0.15) is 0 Å². The summed E-state index contributed by atoms with van der Waals surface area (Å²) in [6.07, 6.45) is 5.98. The molecule has 2 rings (SSSR count). The number of aryl methyl sites for hydroxylation is 1. The van der Waals surface area contributed by atoms with Gasteiger partial charge in [0.2, 0.25) is 0 Å². The van der Waals surface area contributed by atoms with Crippen LogP contribution in [0.15, 0.2) is 24.7 Å². The molecule has 0 aliphatic carbocycles. The first-order chi connectivity index (χ1) is 6.50. The van der Waals surface area contributed by atoms with E-state index < -0.39 is 0 Å². The molecule has 0 aliphatic rings. The Morgan fingerprint density at radius 3 is 2.64 bits per heavy atom. The zero-order valence-electron chi connectivity index (χ0n) is 9.20. The Hall–Kier alpha value is -1.31.